The van der Waals surface area contributed by atoms with Gasteiger partial charge in [0.15, 0.2) is 11.5 Å². The van der Waals surface area contributed by atoms with Gasteiger partial charge in [0.1, 0.15) is 6.04 Å². The average Bonchev–Trinajstić information content (AvgIpc) is 2.79. The molecule has 3 rings (SSSR count). The number of carboxylic acid groups (broad SMARTS) is 2. The molecule has 186 valence electrons. The Hall–Kier alpha value is -4.62. The summed E-state index contributed by atoms with van der Waals surface area (Å²) in [5.41, 5.74) is 5.90. The minimum Gasteiger partial charge on any atom is -0.481 e. The lowest BCUT2D eigenvalue weighted by Gasteiger charge is -2.36. The van der Waals surface area contributed by atoms with Gasteiger partial charge in [-0.25, -0.2) is 4.79 Å². The number of nitrogens with two attached hydrogens (primary N) is 1. The number of nitrogen functional groups attached to an aromatic ring is 1. The molecule has 8 N–H and O–H groups in total. The summed E-state index contributed by atoms with van der Waals surface area (Å²) in [7, 11) is 0. The molecule has 2 atom stereocenters. The fourth-order valence-corrected chi connectivity index (χ4v) is 3.64. The van der Waals surface area contributed by atoms with Crippen molar-refractivity contribution in [3.8, 4) is 0 Å². The molecule has 1 aromatic carbocycles. The quantitative estimate of drug-likeness (QED) is 0.242. The number of H-pyrrole nitrogens is 1. The largest absolute Gasteiger partial charge is 0.481 e. The van der Waals surface area contributed by atoms with E-state index in [9.17, 15) is 29.1 Å². The number of aromatic amines is 1. The highest BCUT2D eigenvalue weighted by Crippen LogP contribution is 2.26. The molecule has 0 fully saturated rings. The minimum atomic E-state index is -1.33. The molecule has 35 heavy (non-hydrogen) atoms. The standard InChI is InChI=1S/C21H25N7O7/c1-10(29)28-13(9-24-17-16(28)19(33)27-21(22)26-17)8-23-12-4-2-11(3-5-12)18(32)25-14(20(34)35)6-7-15(30)31/h2-5,13-14,23H,6-9H2,1H3,(H,25,32)(H,30,31)(H,34,35)(H4,22,24,26,27,33)/t13-,14+/m1/s1. The van der Waals surface area contributed by atoms with Crippen molar-refractivity contribution in [3.63, 3.8) is 0 Å². The summed E-state index contributed by atoms with van der Waals surface area (Å²) in [6, 6.07) is 4.38. The van der Waals surface area contributed by atoms with E-state index < -0.39 is 41.9 Å². The average molecular weight is 487 g/mol. The van der Waals surface area contributed by atoms with Crippen LogP contribution in [0, 0.1) is 0 Å². The molecule has 2 aromatic rings. The summed E-state index contributed by atoms with van der Waals surface area (Å²) < 4.78 is 0. The highest BCUT2D eigenvalue weighted by atomic mass is 16.4. The third-order valence-electron chi connectivity index (χ3n) is 5.30. The van der Waals surface area contributed by atoms with Crippen molar-refractivity contribution in [1.82, 2.24) is 15.3 Å². The van der Waals surface area contributed by atoms with E-state index in [4.69, 9.17) is 10.8 Å². The number of benzene rings is 1. The molecule has 1 aliphatic heterocycles. The van der Waals surface area contributed by atoms with Crippen LogP contribution < -0.4 is 32.1 Å². The summed E-state index contributed by atoms with van der Waals surface area (Å²) >= 11 is 0. The van der Waals surface area contributed by atoms with Crippen LogP contribution >= 0.6 is 0 Å². The molecule has 0 saturated carbocycles. The van der Waals surface area contributed by atoms with Crippen LogP contribution in [-0.2, 0) is 14.4 Å². The topological polar surface area (TPSA) is 220 Å². The maximum Gasteiger partial charge on any atom is 0.326 e. The molecule has 0 aliphatic carbocycles. The lowest BCUT2D eigenvalue weighted by Crippen LogP contribution is -2.52. The second kappa shape index (κ2) is 10.5. The number of aliphatic carboxylic acids is 2. The maximum atomic E-state index is 12.4. The van der Waals surface area contributed by atoms with Gasteiger partial charge in [-0.2, -0.15) is 4.98 Å². The third kappa shape index (κ3) is 6.04. The Morgan fingerprint density at radius 2 is 1.91 bits per heavy atom. The first-order chi connectivity index (χ1) is 16.6. The zero-order valence-electron chi connectivity index (χ0n) is 18.7. The van der Waals surface area contributed by atoms with Crippen LogP contribution in [0.2, 0.25) is 0 Å². The molecule has 0 spiro atoms. The number of nitrogens with one attached hydrogen (secondary N) is 4. The SMILES string of the molecule is CC(=O)N1c2c(nc(N)[nH]c2=O)NC[C@H]1CNc1ccc(C(=O)N[C@@H](CCC(=O)O)C(=O)O)cc1. The Morgan fingerprint density at radius 3 is 2.51 bits per heavy atom. The number of fused-ring (bicyclic) bond motifs is 1. The Kier molecular flexibility index (Phi) is 7.53. The number of carbonyl (C=O) groups excluding carboxylic acids is 2. The maximum absolute atomic E-state index is 12.4. The number of carboxylic acids is 2. The lowest BCUT2D eigenvalue weighted by atomic mass is 10.1. The molecule has 14 nitrogen and oxygen atoms in total. The summed E-state index contributed by atoms with van der Waals surface area (Å²) in [5, 5.41) is 26.4. The highest BCUT2D eigenvalue weighted by Gasteiger charge is 2.32. The zero-order valence-corrected chi connectivity index (χ0v) is 18.7. The van der Waals surface area contributed by atoms with Crippen molar-refractivity contribution in [3.05, 3.63) is 40.2 Å². The molecule has 0 saturated heterocycles. The molecule has 14 heteroatoms. The predicted octanol–water partition coefficient (Wildman–Crippen LogP) is -0.341. The van der Waals surface area contributed by atoms with Gasteiger partial charge in [-0.3, -0.25) is 29.1 Å². The zero-order chi connectivity index (χ0) is 25.7. The Balaban J connectivity index is 1.65. The number of rotatable bonds is 9. The minimum absolute atomic E-state index is 0.0676. The van der Waals surface area contributed by atoms with E-state index in [0.29, 0.717) is 12.2 Å². The summed E-state index contributed by atoms with van der Waals surface area (Å²) in [6.45, 7) is 1.91. The predicted molar refractivity (Wildman–Crippen MR) is 125 cm³/mol. The highest BCUT2D eigenvalue weighted by molar-refractivity contribution is 5.97. The molecule has 0 radical (unpaired) electrons. The summed E-state index contributed by atoms with van der Waals surface area (Å²) in [6.07, 6.45) is -0.639. The normalized spacial score (nSPS) is 15.3. The number of hydrogen-bond donors (Lipinski definition) is 7. The summed E-state index contributed by atoms with van der Waals surface area (Å²) in [4.78, 5) is 66.8. The molecule has 2 amide bonds. The monoisotopic (exact) mass is 487 g/mol. The first-order valence-electron chi connectivity index (χ1n) is 10.6. The van der Waals surface area contributed by atoms with Gasteiger partial charge in [-0.1, -0.05) is 0 Å². The van der Waals surface area contributed by atoms with Crippen molar-refractivity contribution in [2.45, 2.75) is 31.8 Å². The van der Waals surface area contributed by atoms with Crippen LogP contribution in [0.3, 0.4) is 0 Å². The van der Waals surface area contributed by atoms with Gasteiger partial charge in [0, 0.05) is 37.7 Å². The number of aromatic nitrogens is 2. The third-order valence-corrected chi connectivity index (χ3v) is 5.30. The van der Waals surface area contributed by atoms with E-state index in [2.05, 4.69) is 25.9 Å². The van der Waals surface area contributed by atoms with Gasteiger partial charge in [0.25, 0.3) is 11.5 Å². The van der Waals surface area contributed by atoms with Crippen LogP contribution in [0.4, 0.5) is 23.1 Å². The van der Waals surface area contributed by atoms with Crippen LogP contribution in [0.25, 0.3) is 0 Å². The lowest BCUT2D eigenvalue weighted by molar-refractivity contribution is -0.140. The van der Waals surface area contributed by atoms with Gasteiger partial charge < -0.3 is 31.9 Å². The van der Waals surface area contributed by atoms with Gasteiger partial charge in [0.05, 0.1) is 6.04 Å². The van der Waals surface area contributed by atoms with E-state index in [-0.39, 0.29) is 41.9 Å². The number of amides is 2. The molecule has 0 bridgehead atoms. The number of carbonyl (C=O) groups is 4. The second-order valence-electron chi connectivity index (χ2n) is 7.83. The van der Waals surface area contributed by atoms with Crippen molar-refractivity contribution in [2.75, 3.05) is 34.4 Å². The van der Waals surface area contributed by atoms with Gasteiger partial charge in [0.2, 0.25) is 11.9 Å². The van der Waals surface area contributed by atoms with Gasteiger partial charge in [-0.15, -0.1) is 0 Å². The van der Waals surface area contributed by atoms with Gasteiger partial charge >= 0.3 is 11.9 Å². The van der Waals surface area contributed by atoms with E-state index in [0.717, 1.165) is 0 Å². The van der Waals surface area contributed by atoms with E-state index >= 15 is 0 Å². The van der Waals surface area contributed by atoms with Crippen molar-refractivity contribution in [1.29, 1.82) is 0 Å². The van der Waals surface area contributed by atoms with Crippen LogP contribution in [-0.4, -0.2) is 69.1 Å². The smallest absolute Gasteiger partial charge is 0.326 e. The fraction of sp³-hybridized carbons (Fsp3) is 0.333. The van der Waals surface area contributed by atoms with Crippen LogP contribution in [0.15, 0.2) is 29.1 Å². The Labute approximate surface area is 198 Å². The van der Waals surface area contributed by atoms with Crippen molar-refractivity contribution in [2.24, 2.45) is 0 Å². The number of anilines is 4. The fourth-order valence-electron chi connectivity index (χ4n) is 3.64. The number of nitrogens with zero attached hydrogens (tertiary/aromatic N) is 2. The summed E-state index contributed by atoms with van der Waals surface area (Å²) in [5.74, 6) is -3.34. The molecular formula is C21H25N7O7. The Bertz CT molecular complexity index is 1200. The molecule has 0 unspecified atom stereocenters. The first-order valence-corrected chi connectivity index (χ1v) is 10.6. The Morgan fingerprint density at radius 1 is 1.23 bits per heavy atom. The van der Waals surface area contributed by atoms with Crippen LogP contribution in [0.1, 0.15) is 30.1 Å². The second-order valence-corrected chi connectivity index (χ2v) is 7.83. The molecule has 1 aliphatic rings. The van der Waals surface area contributed by atoms with E-state index in [1.165, 1.54) is 24.0 Å². The number of hydrogen-bond acceptors (Lipinski definition) is 9. The molecule has 1 aromatic heterocycles. The molecular weight excluding hydrogens is 462 g/mol. The van der Waals surface area contributed by atoms with Crippen molar-refractivity contribution < 1.29 is 29.4 Å². The van der Waals surface area contributed by atoms with Gasteiger partial charge in [-0.05, 0) is 30.7 Å². The van der Waals surface area contributed by atoms with Crippen molar-refractivity contribution >= 4 is 46.9 Å². The molecule has 2 heterocycles. The van der Waals surface area contributed by atoms with Crippen LogP contribution in [0.5, 0.6) is 0 Å². The van der Waals surface area contributed by atoms with E-state index in [1.807, 2.05) is 0 Å². The first kappa shape index (κ1) is 25.0. The van der Waals surface area contributed by atoms with E-state index in [1.54, 1.807) is 12.1 Å².